The maximum Gasteiger partial charge on any atom is 0.321 e. The van der Waals surface area contributed by atoms with Crippen LogP contribution in [-0.4, -0.2) is 57.8 Å². The van der Waals surface area contributed by atoms with Crippen molar-refractivity contribution in [2.45, 2.75) is 12.8 Å². The lowest BCUT2D eigenvalue weighted by Gasteiger charge is -2.26. The Bertz CT molecular complexity index is 1230. The Kier molecular flexibility index (Phi) is 10.2. The lowest BCUT2D eigenvalue weighted by atomic mass is 10.1. The number of aromatic amines is 1. The summed E-state index contributed by atoms with van der Waals surface area (Å²) in [4.78, 5) is 23.6. The third-order valence-electron chi connectivity index (χ3n) is 5.48. The van der Waals surface area contributed by atoms with Crippen molar-refractivity contribution in [2.24, 2.45) is 0 Å². The fourth-order valence-electron chi connectivity index (χ4n) is 3.76. The monoisotopic (exact) mass is 600 g/mol. The molecule has 3 aromatic heterocycles. The molecule has 0 saturated carbocycles. The first-order valence-electron chi connectivity index (χ1n) is 11.2. The number of nitrogens with zero attached hydrogens (tertiary/aromatic N) is 5. The van der Waals surface area contributed by atoms with Gasteiger partial charge in [0.15, 0.2) is 0 Å². The van der Waals surface area contributed by atoms with Crippen molar-refractivity contribution >= 4 is 22.9 Å². The summed E-state index contributed by atoms with van der Waals surface area (Å²) < 4.78 is 11.4. The zero-order valence-electron chi connectivity index (χ0n) is 19.1. The fraction of sp³-hybridized carbons (Fsp3) is 0.280. The quantitative estimate of drug-likeness (QED) is 0.238. The van der Waals surface area contributed by atoms with Crippen LogP contribution >= 0.6 is 0 Å². The minimum atomic E-state index is 0. The van der Waals surface area contributed by atoms with Gasteiger partial charge in [-0.05, 0) is 23.8 Å². The molecule has 1 aliphatic rings. The SMILES string of the molecule is C(=C\c1c[nH]c2ccccc12)/Cc1nc(OCCc2ccccn2)nc(N2CCOCC2)n1.[Br-].[Br-]. The van der Waals surface area contributed by atoms with Crippen LogP contribution in [0.2, 0.25) is 0 Å². The number of ether oxygens (including phenoxy) is 2. The van der Waals surface area contributed by atoms with E-state index in [0.717, 1.165) is 29.9 Å². The molecule has 0 atom stereocenters. The highest BCUT2D eigenvalue weighted by atomic mass is 79.9. The molecule has 10 heteroatoms. The van der Waals surface area contributed by atoms with Gasteiger partial charge in [-0.2, -0.15) is 15.0 Å². The van der Waals surface area contributed by atoms with Gasteiger partial charge >= 0.3 is 6.01 Å². The van der Waals surface area contributed by atoms with Crippen molar-refractivity contribution in [3.63, 3.8) is 0 Å². The average Bonchev–Trinajstić information content (AvgIpc) is 3.28. The summed E-state index contributed by atoms with van der Waals surface area (Å²) in [7, 11) is 0. The topological polar surface area (TPSA) is 89.0 Å². The Morgan fingerprint density at radius 3 is 2.66 bits per heavy atom. The van der Waals surface area contributed by atoms with Crippen LogP contribution in [0.1, 0.15) is 17.1 Å². The molecular formula is C25H26Br2N6O2-2. The lowest BCUT2D eigenvalue weighted by Crippen LogP contribution is -3.00. The number of morpholine rings is 1. The molecule has 35 heavy (non-hydrogen) atoms. The molecule has 1 saturated heterocycles. The van der Waals surface area contributed by atoms with Crippen LogP contribution in [0.5, 0.6) is 6.01 Å². The number of H-pyrrole nitrogens is 1. The normalized spacial score (nSPS) is 13.4. The Labute approximate surface area is 225 Å². The molecule has 0 bridgehead atoms. The largest absolute Gasteiger partial charge is 1.00 e. The lowest BCUT2D eigenvalue weighted by molar-refractivity contribution is -0.001000. The summed E-state index contributed by atoms with van der Waals surface area (Å²) in [5, 5.41) is 1.19. The van der Waals surface area contributed by atoms with Gasteiger partial charge in [0.25, 0.3) is 0 Å². The van der Waals surface area contributed by atoms with E-state index in [4.69, 9.17) is 14.5 Å². The van der Waals surface area contributed by atoms with Crippen molar-refractivity contribution in [1.29, 1.82) is 0 Å². The predicted molar refractivity (Wildman–Crippen MR) is 127 cm³/mol. The highest BCUT2D eigenvalue weighted by Crippen LogP contribution is 2.20. The summed E-state index contributed by atoms with van der Waals surface area (Å²) in [6.07, 6.45) is 9.24. The molecule has 4 heterocycles. The van der Waals surface area contributed by atoms with Crippen LogP contribution in [0.25, 0.3) is 17.0 Å². The Morgan fingerprint density at radius 1 is 1.00 bits per heavy atom. The first-order valence-corrected chi connectivity index (χ1v) is 11.2. The third-order valence-corrected chi connectivity index (χ3v) is 5.48. The molecule has 1 aliphatic heterocycles. The summed E-state index contributed by atoms with van der Waals surface area (Å²) >= 11 is 0. The first kappa shape index (κ1) is 26.8. The zero-order valence-corrected chi connectivity index (χ0v) is 22.3. The van der Waals surface area contributed by atoms with E-state index in [0.29, 0.717) is 50.4 Å². The fourth-order valence-corrected chi connectivity index (χ4v) is 3.76. The average molecular weight is 602 g/mol. The molecule has 0 unspecified atom stereocenters. The van der Waals surface area contributed by atoms with E-state index in [1.165, 1.54) is 5.39 Å². The Morgan fingerprint density at radius 2 is 1.83 bits per heavy atom. The molecule has 1 aromatic carbocycles. The number of benzene rings is 1. The Balaban J connectivity index is 0.00000171. The van der Waals surface area contributed by atoms with Gasteiger partial charge in [0, 0.05) is 54.9 Å². The summed E-state index contributed by atoms with van der Waals surface area (Å²) in [6, 6.07) is 14.5. The standard InChI is InChI=1S/C25H26N6O2.2BrH/c1-2-9-22-21(8-1)19(18-27-22)6-5-10-23-28-24(31-13-16-32-17-14-31)30-25(29-23)33-15-11-20-7-3-4-12-26-20;;/h1-9,12,18,27H,10-11,13-17H2;2*1H/p-2/b6-5+;;. The van der Waals surface area contributed by atoms with Gasteiger partial charge in [-0.1, -0.05) is 36.4 Å². The van der Waals surface area contributed by atoms with Crippen molar-refractivity contribution in [2.75, 3.05) is 37.8 Å². The van der Waals surface area contributed by atoms with E-state index in [1.807, 2.05) is 36.5 Å². The van der Waals surface area contributed by atoms with Crippen molar-refractivity contribution in [1.82, 2.24) is 24.9 Å². The Hall–Kier alpha value is -2.82. The minimum absolute atomic E-state index is 0. The zero-order chi connectivity index (χ0) is 22.3. The van der Waals surface area contributed by atoms with Gasteiger partial charge in [0.1, 0.15) is 5.82 Å². The van der Waals surface area contributed by atoms with Gasteiger partial charge in [-0.3, -0.25) is 4.98 Å². The summed E-state index contributed by atoms with van der Waals surface area (Å²) in [6.45, 7) is 3.28. The number of aromatic nitrogens is 5. The van der Waals surface area contributed by atoms with Crippen molar-refractivity contribution < 1.29 is 43.4 Å². The number of pyridine rings is 1. The number of anilines is 1. The molecule has 1 N–H and O–H groups in total. The van der Waals surface area contributed by atoms with Gasteiger partial charge in [0.2, 0.25) is 5.95 Å². The third kappa shape index (κ3) is 7.09. The second-order valence-corrected chi connectivity index (χ2v) is 7.75. The molecule has 0 spiro atoms. The van der Waals surface area contributed by atoms with Gasteiger partial charge < -0.3 is 53.3 Å². The maximum atomic E-state index is 5.90. The summed E-state index contributed by atoms with van der Waals surface area (Å²) in [5.41, 5.74) is 3.23. The number of halogens is 2. The first-order chi connectivity index (χ1) is 16.3. The van der Waals surface area contributed by atoms with E-state index >= 15 is 0 Å². The molecular weight excluding hydrogens is 576 g/mol. The highest BCUT2D eigenvalue weighted by Gasteiger charge is 2.17. The van der Waals surface area contributed by atoms with Crippen LogP contribution in [0.15, 0.2) is 60.9 Å². The van der Waals surface area contributed by atoms with Crippen LogP contribution in [0, 0.1) is 0 Å². The molecule has 0 aliphatic carbocycles. The van der Waals surface area contributed by atoms with Gasteiger partial charge in [0.05, 0.1) is 19.8 Å². The van der Waals surface area contributed by atoms with E-state index in [1.54, 1.807) is 6.20 Å². The molecule has 1 fully saturated rings. The maximum absolute atomic E-state index is 5.90. The number of hydrogen-bond acceptors (Lipinski definition) is 7. The summed E-state index contributed by atoms with van der Waals surface area (Å²) in [5.74, 6) is 1.31. The number of allylic oxidation sites excluding steroid dienone is 1. The van der Waals surface area contributed by atoms with Gasteiger partial charge in [-0.25, -0.2) is 0 Å². The van der Waals surface area contributed by atoms with E-state index in [2.05, 4.69) is 49.1 Å². The minimum Gasteiger partial charge on any atom is -1.00 e. The van der Waals surface area contributed by atoms with E-state index < -0.39 is 0 Å². The van der Waals surface area contributed by atoms with Crippen LogP contribution in [0.4, 0.5) is 5.95 Å². The molecule has 184 valence electrons. The number of nitrogens with one attached hydrogen (secondary N) is 1. The number of rotatable bonds is 8. The highest BCUT2D eigenvalue weighted by molar-refractivity contribution is 5.88. The van der Waals surface area contributed by atoms with E-state index in [-0.39, 0.29) is 34.0 Å². The molecule has 4 aromatic rings. The van der Waals surface area contributed by atoms with Crippen molar-refractivity contribution in [3.8, 4) is 6.01 Å². The molecule has 0 amide bonds. The smallest absolute Gasteiger partial charge is 0.321 e. The van der Waals surface area contributed by atoms with Gasteiger partial charge in [-0.15, -0.1) is 0 Å². The second-order valence-electron chi connectivity index (χ2n) is 7.75. The number of hydrogen-bond donors (Lipinski definition) is 1. The number of fused-ring (bicyclic) bond motifs is 1. The van der Waals surface area contributed by atoms with Crippen LogP contribution in [0.3, 0.4) is 0 Å². The van der Waals surface area contributed by atoms with Crippen LogP contribution in [-0.2, 0) is 17.6 Å². The number of para-hydroxylation sites is 1. The van der Waals surface area contributed by atoms with Crippen molar-refractivity contribution in [3.05, 3.63) is 78.0 Å². The predicted octanol–water partition coefficient (Wildman–Crippen LogP) is -2.53. The molecule has 5 rings (SSSR count). The molecule has 0 radical (unpaired) electrons. The second kappa shape index (κ2) is 13.3. The molecule has 8 nitrogen and oxygen atoms in total. The van der Waals surface area contributed by atoms with Crippen LogP contribution < -0.4 is 43.6 Å². The van der Waals surface area contributed by atoms with E-state index in [9.17, 15) is 0 Å².